The predicted molar refractivity (Wildman–Crippen MR) is 76.9 cm³/mol. The molecule has 1 aliphatic heterocycles. The van der Waals surface area contributed by atoms with E-state index in [2.05, 4.69) is 16.9 Å². The van der Waals surface area contributed by atoms with Gasteiger partial charge in [-0.2, -0.15) is 0 Å². The first-order chi connectivity index (χ1) is 8.75. The van der Waals surface area contributed by atoms with Crippen LogP contribution in [0.5, 0.6) is 0 Å². The lowest BCUT2D eigenvalue weighted by molar-refractivity contribution is 0.214. The molecule has 0 aromatic heterocycles. The summed E-state index contributed by atoms with van der Waals surface area (Å²) < 4.78 is 0. The Labute approximate surface area is 110 Å². The lowest BCUT2D eigenvalue weighted by Gasteiger charge is -2.28. The molecule has 1 aromatic carbocycles. The molecule has 98 valence electrons. The molecule has 0 aliphatic carbocycles. The van der Waals surface area contributed by atoms with Crippen molar-refractivity contribution in [2.24, 2.45) is 16.6 Å². The highest BCUT2D eigenvalue weighted by atomic mass is 15.1. The van der Waals surface area contributed by atoms with E-state index >= 15 is 0 Å². The molecule has 1 fully saturated rings. The van der Waals surface area contributed by atoms with E-state index in [1.54, 1.807) is 0 Å². The fourth-order valence-electron chi connectivity index (χ4n) is 2.42. The maximum Gasteiger partial charge on any atom is 0.125 e. The monoisotopic (exact) mass is 245 g/mol. The van der Waals surface area contributed by atoms with Crippen molar-refractivity contribution in [3.63, 3.8) is 0 Å². The van der Waals surface area contributed by atoms with E-state index in [1.165, 1.54) is 32.4 Å². The summed E-state index contributed by atoms with van der Waals surface area (Å²) in [5.41, 5.74) is 7.00. The van der Waals surface area contributed by atoms with Crippen LogP contribution in [0.3, 0.4) is 0 Å². The number of nitrogens with two attached hydrogens (primary N) is 1. The first kappa shape index (κ1) is 13.1. The normalized spacial score (nSPS) is 19.1. The molecule has 0 bridgehead atoms. The summed E-state index contributed by atoms with van der Waals surface area (Å²) >= 11 is 0. The highest BCUT2D eigenvalue weighted by Crippen LogP contribution is 2.19. The molecule has 18 heavy (non-hydrogen) atoms. The topological polar surface area (TPSA) is 41.6 Å². The molecular formula is C15H23N3. The zero-order valence-electron chi connectivity index (χ0n) is 11.2. The number of hydrogen-bond donors (Lipinski definition) is 1. The van der Waals surface area contributed by atoms with Crippen molar-refractivity contribution in [3.05, 3.63) is 35.9 Å². The summed E-state index contributed by atoms with van der Waals surface area (Å²) in [7, 11) is 2.20. The molecule has 0 saturated carbocycles. The van der Waals surface area contributed by atoms with Crippen LogP contribution in [0, 0.1) is 5.92 Å². The average molecular weight is 245 g/mol. The smallest absolute Gasteiger partial charge is 0.125 e. The first-order valence-corrected chi connectivity index (χ1v) is 6.79. The van der Waals surface area contributed by atoms with Gasteiger partial charge in [0.15, 0.2) is 0 Å². The van der Waals surface area contributed by atoms with Crippen molar-refractivity contribution >= 4 is 5.84 Å². The number of amidine groups is 1. The van der Waals surface area contributed by atoms with Gasteiger partial charge in [-0.25, -0.2) is 0 Å². The number of benzene rings is 1. The van der Waals surface area contributed by atoms with Crippen LogP contribution in [-0.4, -0.2) is 37.4 Å². The third-order valence-electron chi connectivity index (χ3n) is 3.73. The highest BCUT2D eigenvalue weighted by molar-refractivity contribution is 5.97. The van der Waals surface area contributed by atoms with Crippen molar-refractivity contribution in [1.29, 1.82) is 0 Å². The van der Waals surface area contributed by atoms with E-state index in [1.807, 2.05) is 30.3 Å². The molecule has 0 radical (unpaired) electrons. The fraction of sp³-hybridized carbons (Fsp3) is 0.533. The van der Waals surface area contributed by atoms with Crippen LogP contribution < -0.4 is 5.73 Å². The number of nitrogens with zero attached hydrogens (tertiary/aromatic N) is 2. The van der Waals surface area contributed by atoms with Gasteiger partial charge in [0, 0.05) is 12.1 Å². The maximum absolute atomic E-state index is 5.97. The quantitative estimate of drug-likeness (QED) is 0.652. The molecule has 1 heterocycles. The molecule has 0 atom stereocenters. The van der Waals surface area contributed by atoms with Gasteiger partial charge in [0.2, 0.25) is 0 Å². The summed E-state index contributed by atoms with van der Waals surface area (Å²) in [4.78, 5) is 6.89. The van der Waals surface area contributed by atoms with Gasteiger partial charge in [-0.15, -0.1) is 0 Å². The Morgan fingerprint density at radius 2 is 1.94 bits per heavy atom. The van der Waals surface area contributed by atoms with Crippen molar-refractivity contribution in [2.75, 3.05) is 26.7 Å². The third kappa shape index (κ3) is 3.84. The van der Waals surface area contributed by atoms with Gasteiger partial charge in [-0.1, -0.05) is 30.3 Å². The molecule has 2 N–H and O–H groups in total. The van der Waals surface area contributed by atoms with Crippen LogP contribution in [0.15, 0.2) is 35.3 Å². The van der Waals surface area contributed by atoms with Crippen LogP contribution in [-0.2, 0) is 0 Å². The summed E-state index contributed by atoms with van der Waals surface area (Å²) in [6.45, 7) is 3.31. The van der Waals surface area contributed by atoms with E-state index in [-0.39, 0.29) is 0 Å². The Balaban J connectivity index is 1.77. The number of rotatable bonds is 4. The van der Waals surface area contributed by atoms with Crippen LogP contribution >= 0.6 is 0 Å². The Bertz CT molecular complexity index is 378. The van der Waals surface area contributed by atoms with E-state index < -0.39 is 0 Å². The van der Waals surface area contributed by atoms with Gasteiger partial charge in [0.25, 0.3) is 0 Å². The molecule has 2 rings (SSSR count). The minimum absolute atomic E-state index is 0.670. The van der Waals surface area contributed by atoms with E-state index in [0.717, 1.165) is 18.0 Å². The molecule has 0 spiro atoms. The van der Waals surface area contributed by atoms with Gasteiger partial charge >= 0.3 is 0 Å². The summed E-state index contributed by atoms with van der Waals surface area (Å²) in [6, 6.07) is 10.0. The first-order valence-electron chi connectivity index (χ1n) is 6.79. The van der Waals surface area contributed by atoms with Gasteiger partial charge in [0.05, 0.1) is 0 Å². The second-order valence-corrected chi connectivity index (χ2v) is 5.17. The summed E-state index contributed by atoms with van der Waals surface area (Å²) in [5, 5.41) is 0. The summed E-state index contributed by atoms with van der Waals surface area (Å²) in [6.07, 6.45) is 3.77. The van der Waals surface area contributed by atoms with Crippen molar-refractivity contribution in [3.8, 4) is 0 Å². The van der Waals surface area contributed by atoms with Gasteiger partial charge in [-0.3, -0.25) is 4.99 Å². The van der Waals surface area contributed by atoms with Crippen molar-refractivity contribution < 1.29 is 0 Å². The Kier molecular flexibility index (Phi) is 4.76. The zero-order valence-corrected chi connectivity index (χ0v) is 11.2. The Morgan fingerprint density at radius 1 is 1.28 bits per heavy atom. The number of piperidine rings is 1. The molecular weight excluding hydrogens is 222 g/mol. The van der Waals surface area contributed by atoms with Crippen LogP contribution in [0.1, 0.15) is 24.8 Å². The SMILES string of the molecule is CN1CCC(CCN=C(N)c2ccccc2)CC1. The predicted octanol–water partition coefficient (Wildman–Crippen LogP) is 2.12. The largest absolute Gasteiger partial charge is 0.384 e. The molecule has 1 aromatic rings. The van der Waals surface area contributed by atoms with Crippen molar-refractivity contribution in [2.45, 2.75) is 19.3 Å². The van der Waals surface area contributed by atoms with Crippen LogP contribution in [0.4, 0.5) is 0 Å². The van der Waals surface area contributed by atoms with Crippen molar-refractivity contribution in [1.82, 2.24) is 4.90 Å². The molecule has 3 heteroatoms. The van der Waals surface area contributed by atoms with Gasteiger partial charge in [-0.05, 0) is 45.3 Å². The van der Waals surface area contributed by atoms with Gasteiger partial charge in [0.1, 0.15) is 5.84 Å². The average Bonchev–Trinajstić information content (AvgIpc) is 2.42. The third-order valence-corrected chi connectivity index (χ3v) is 3.73. The van der Waals surface area contributed by atoms with E-state index in [0.29, 0.717) is 5.84 Å². The number of hydrogen-bond acceptors (Lipinski definition) is 2. The Hall–Kier alpha value is -1.35. The van der Waals surface area contributed by atoms with E-state index in [9.17, 15) is 0 Å². The second-order valence-electron chi connectivity index (χ2n) is 5.17. The molecule has 0 amide bonds. The zero-order chi connectivity index (χ0) is 12.8. The molecule has 1 saturated heterocycles. The Morgan fingerprint density at radius 3 is 2.61 bits per heavy atom. The molecule has 3 nitrogen and oxygen atoms in total. The van der Waals surface area contributed by atoms with E-state index in [4.69, 9.17) is 5.73 Å². The van der Waals surface area contributed by atoms with Gasteiger partial charge < -0.3 is 10.6 Å². The maximum atomic E-state index is 5.97. The second kappa shape index (κ2) is 6.55. The fourth-order valence-corrected chi connectivity index (χ4v) is 2.42. The lowest BCUT2D eigenvalue weighted by atomic mass is 9.94. The molecule has 1 aliphatic rings. The van der Waals surface area contributed by atoms with Crippen LogP contribution in [0.25, 0.3) is 0 Å². The lowest BCUT2D eigenvalue weighted by Crippen LogP contribution is -2.30. The standard InChI is InChI=1S/C15H23N3/c1-18-11-8-13(9-12-18)7-10-17-15(16)14-5-3-2-4-6-14/h2-6,13H,7-12H2,1H3,(H2,16,17). The minimum Gasteiger partial charge on any atom is -0.384 e. The molecule has 0 unspecified atom stereocenters. The highest BCUT2D eigenvalue weighted by Gasteiger charge is 2.15. The minimum atomic E-state index is 0.670. The summed E-state index contributed by atoms with van der Waals surface area (Å²) in [5.74, 6) is 1.50. The van der Waals surface area contributed by atoms with Crippen LogP contribution in [0.2, 0.25) is 0 Å². The number of likely N-dealkylation sites (tertiary alicyclic amines) is 1. The number of aliphatic imine (C=N–C) groups is 1.